The normalized spacial score (nSPS) is 11.3. The van der Waals surface area contributed by atoms with Crippen LogP contribution in [0.4, 0.5) is 11.4 Å². The van der Waals surface area contributed by atoms with Crippen molar-refractivity contribution in [2.75, 3.05) is 23.8 Å². The third-order valence-electron chi connectivity index (χ3n) is 5.31. The van der Waals surface area contributed by atoms with Gasteiger partial charge in [0.05, 0.1) is 13.7 Å². The highest BCUT2D eigenvalue weighted by molar-refractivity contribution is 7.92. The fraction of sp³-hybridized carbons (Fsp3) is 0.160. The zero-order valence-corrected chi connectivity index (χ0v) is 19.8. The van der Waals surface area contributed by atoms with Crippen molar-refractivity contribution in [3.8, 4) is 11.5 Å². The van der Waals surface area contributed by atoms with E-state index in [0.717, 1.165) is 10.9 Å². The Bertz CT molecular complexity index is 1440. The smallest absolute Gasteiger partial charge is 0.272 e. The van der Waals surface area contributed by atoms with Crippen LogP contribution in [0, 0.1) is 0 Å². The molecule has 34 heavy (non-hydrogen) atoms. The minimum absolute atomic E-state index is 0.0984. The standard InChI is InChI=1S/C25H25N3O5S/c1-4-33-20-12-9-18(10-13-20)27-34(30,31)24-16-19(11-14-23(24)32-3)26-25(29)22-15-17-7-5-6-8-21(17)28(22)2/h5-16,27H,4H2,1-3H3,(H,26,29). The molecule has 4 aromatic rings. The van der Waals surface area contributed by atoms with Gasteiger partial charge in [0.25, 0.3) is 15.9 Å². The fourth-order valence-corrected chi connectivity index (χ4v) is 4.92. The van der Waals surface area contributed by atoms with E-state index in [1.54, 1.807) is 41.0 Å². The molecule has 2 N–H and O–H groups in total. The van der Waals surface area contributed by atoms with E-state index in [2.05, 4.69) is 10.0 Å². The average Bonchev–Trinajstić information content (AvgIpc) is 3.17. The number of aromatic nitrogens is 1. The minimum Gasteiger partial charge on any atom is -0.495 e. The summed E-state index contributed by atoms with van der Waals surface area (Å²) >= 11 is 0. The summed E-state index contributed by atoms with van der Waals surface area (Å²) in [6, 6.07) is 20.5. The topological polar surface area (TPSA) is 98.7 Å². The lowest BCUT2D eigenvalue weighted by Gasteiger charge is -2.14. The molecule has 0 saturated heterocycles. The highest BCUT2D eigenvalue weighted by atomic mass is 32.2. The molecule has 0 aliphatic heterocycles. The van der Waals surface area contributed by atoms with Crippen LogP contribution in [-0.4, -0.2) is 32.6 Å². The lowest BCUT2D eigenvalue weighted by Crippen LogP contribution is -2.17. The van der Waals surface area contributed by atoms with Gasteiger partial charge in [-0.25, -0.2) is 8.42 Å². The van der Waals surface area contributed by atoms with E-state index in [9.17, 15) is 13.2 Å². The number of sulfonamides is 1. The van der Waals surface area contributed by atoms with Crippen LogP contribution in [0.1, 0.15) is 17.4 Å². The summed E-state index contributed by atoms with van der Waals surface area (Å²) in [4.78, 5) is 12.9. The van der Waals surface area contributed by atoms with Crippen molar-refractivity contribution in [2.45, 2.75) is 11.8 Å². The molecule has 3 aromatic carbocycles. The van der Waals surface area contributed by atoms with E-state index in [0.29, 0.717) is 29.4 Å². The number of fused-ring (bicyclic) bond motifs is 1. The van der Waals surface area contributed by atoms with Crippen LogP contribution in [0.5, 0.6) is 11.5 Å². The van der Waals surface area contributed by atoms with Crippen molar-refractivity contribution in [1.29, 1.82) is 0 Å². The number of benzene rings is 3. The summed E-state index contributed by atoms with van der Waals surface area (Å²) in [5.41, 5.74) is 2.07. The molecule has 8 nitrogen and oxygen atoms in total. The maximum atomic E-state index is 13.1. The van der Waals surface area contributed by atoms with E-state index in [4.69, 9.17) is 9.47 Å². The summed E-state index contributed by atoms with van der Waals surface area (Å²) in [7, 11) is -0.810. The zero-order valence-electron chi connectivity index (χ0n) is 19.0. The van der Waals surface area contributed by atoms with E-state index in [1.807, 2.05) is 38.2 Å². The molecule has 1 aromatic heterocycles. The number of hydrogen-bond donors (Lipinski definition) is 2. The van der Waals surface area contributed by atoms with Crippen LogP contribution in [0.3, 0.4) is 0 Å². The molecule has 9 heteroatoms. The number of carbonyl (C=O) groups is 1. The van der Waals surface area contributed by atoms with Gasteiger partial charge in [0.2, 0.25) is 0 Å². The number of nitrogens with zero attached hydrogens (tertiary/aromatic N) is 1. The number of amides is 1. The van der Waals surface area contributed by atoms with Crippen LogP contribution in [0.15, 0.2) is 77.7 Å². The second-order valence-electron chi connectivity index (χ2n) is 7.53. The first-order valence-corrected chi connectivity index (χ1v) is 12.1. The van der Waals surface area contributed by atoms with E-state index in [1.165, 1.54) is 19.2 Å². The first-order chi connectivity index (χ1) is 16.3. The highest BCUT2D eigenvalue weighted by Gasteiger charge is 2.22. The number of aryl methyl sites for hydroxylation is 1. The van der Waals surface area contributed by atoms with Crippen LogP contribution < -0.4 is 19.5 Å². The number of nitrogens with one attached hydrogen (secondary N) is 2. The SMILES string of the molecule is CCOc1ccc(NS(=O)(=O)c2cc(NC(=O)c3cc4ccccc4n3C)ccc2OC)cc1. The molecule has 0 saturated carbocycles. The van der Waals surface area contributed by atoms with E-state index in [-0.39, 0.29) is 16.6 Å². The lowest BCUT2D eigenvalue weighted by atomic mass is 10.2. The van der Waals surface area contributed by atoms with Crippen LogP contribution >= 0.6 is 0 Å². The Labute approximate surface area is 198 Å². The van der Waals surface area contributed by atoms with Gasteiger partial charge in [0.1, 0.15) is 22.1 Å². The van der Waals surface area contributed by atoms with Gasteiger partial charge >= 0.3 is 0 Å². The Morgan fingerprint density at radius 1 is 0.971 bits per heavy atom. The summed E-state index contributed by atoms with van der Waals surface area (Å²) in [6.45, 7) is 2.38. The Balaban J connectivity index is 1.60. The zero-order chi connectivity index (χ0) is 24.3. The number of hydrogen-bond acceptors (Lipinski definition) is 5. The molecule has 0 spiro atoms. The Kier molecular flexibility index (Phi) is 6.47. The fourth-order valence-electron chi connectivity index (χ4n) is 3.66. The van der Waals surface area contributed by atoms with Crippen molar-refractivity contribution in [3.63, 3.8) is 0 Å². The van der Waals surface area contributed by atoms with Gasteiger partial charge in [-0.3, -0.25) is 9.52 Å². The third kappa shape index (κ3) is 4.69. The van der Waals surface area contributed by atoms with Gasteiger partial charge in [0.15, 0.2) is 0 Å². The first-order valence-electron chi connectivity index (χ1n) is 10.6. The molecule has 0 radical (unpaired) electrons. The van der Waals surface area contributed by atoms with Crippen LogP contribution in [0.25, 0.3) is 10.9 Å². The monoisotopic (exact) mass is 479 g/mol. The molecule has 0 unspecified atom stereocenters. The van der Waals surface area contributed by atoms with E-state index < -0.39 is 10.0 Å². The summed E-state index contributed by atoms with van der Waals surface area (Å²) in [5.74, 6) is 0.439. The Hall–Kier alpha value is -3.98. The number of methoxy groups -OCH3 is 1. The third-order valence-corrected chi connectivity index (χ3v) is 6.72. The molecule has 0 bridgehead atoms. The minimum atomic E-state index is -4.01. The van der Waals surface area contributed by atoms with Crippen molar-refractivity contribution < 1.29 is 22.7 Å². The maximum Gasteiger partial charge on any atom is 0.272 e. The van der Waals surface area contributed by atoms with Crippen molar-refractivity contribution in [2.24, 2.45) is 7.05 Å². The Morgan fingerprint density at radius 3 is 2.35 bits per heavy atom. The highest BCUT2D eigenvalue weighted by Crippen LogP contribution is 2.30. The molecule has 0 atom stereocenters. The van der Waals surface area contributed by atoms with Gasteiger partial charge < -0.3 is 19.4 Å². The van der Waals surface area contributed by atoms with Crippen molar-refractivity contribution in [1.82, 2.24) is 4.57 Å². The number of para-hydroxylation sites is 1. The quantitative estimate of drug-likeness (QED) is 0.384. The van der Waals surface area contributed by atoms with Crippen LogP contribution in [0.2, 0.25) is 0 Å². The van der Waals surface area contributed by atoms with Gasteiger partial charge in [-0.1, -0.05) is 18.2 Å². The molecule has 4 rings (SSSR count). The molecule has 1 heterocycles. The van der Waals surface area contributed by atoms with Gasteiger partial charge in [-0.15, -0.1) is 0 Å². The average molecular weight is 480 g/mol. The van der Waals surface area contributed by atoms with Crippen molar-refractivity contribution in [3.05, 3.63) is 78.5 Å². The number of ether oxygens (including phenoxy) is 2. The lowest BCUT2D eigenvalue weighted by molar-refractivity contribution is 0.101. The second kappa shape index (κ2) is 9.48. The van der Waals surface area contributed by atoms with Gasteiger partial charge in [-0.2, -0.15) is 0 Å². The predicted molar refractivity (Wildman–Crippen MR) is 132 cm³/mol. The number of carbonyl (C=O) groups excluding carboxylic acids is 1. The Morgan fingerprint density at radius 2 is 1.68 bits per heavy atom. The predicted octanol–water partition coefficient (Wildman–Crippen LogP) is 4.64. The molecule has 176 valence electrons. The van der Waals surface area contributed by atoms with E-state index >= 15 is 0 Å². The van der Waals surface area contributed by atoms with Crippen LogP contribution in [-0.2, 0) is 17.1 Å². The maximum absolute atomic E-state index is 13.1. The first kappa shape index (κ1) is 23.2. The van der Waals surface area contributed by atoms with Gasteiger partial charge in [-0.05, 0) is 61.5 Å². The summed E-state index contributed by atoms with van der Waals surface area (Å²) in [6.07, 6.45) is 0. The second-order valence-corrected chi connectivity index (χ2v) is 9.18. The molecular formula is C25H25N3O5S. The molecule has 0 aliphatic carbocycles. The molecule has 0 aliphatic rings. The number of anilines is 2. The molecule has 0 fully saturated rings. The van der Waals surface area contributed by atoms with Crippen molar-refractivity contribution >= 4 is 38.2 Å². The summed E-state index contributed by atoms with van der Waals surface area (Å²) < 4.78 is 41.3. The summed E-state index contributed by atoms with van der Waals surface area (Å²) in [5, 5.41) is 3.72. The molecule has 1 amide bonds. The largest absolute Gasteiger partial charge is 0.495 e. The molecular weight excluding hydrogens is 454 g/mol. The number of rotatable bonds is 8. The van der Waals surface area contributed by atoms with Gasteiger partial charge in [0, 0.05) is 29.3 Å².